The van der Waals surface area contributed by atoms with Crippen LogP contribution < -0.4 is 0 Å². The summed E-state index contributed by atoms with van der Waals surface area (Å²) < 4.78 is 20.8. The Hall–Kier alpha value is -0.510. The summed E-state index contributed by atoms with van der Waals surface area (Å²) in [6.07, 6.45) is -0.658. The van der Waals surface area contributed by atoms with Gasteiger partial charge in [0.1, 0.15) is 6.10 Å². The first-order valence-electron chi connectivity index (χ1n) is 3.96. The molecule has 0 aliphatic carbocycles. The summed E-state index contributed by atoms with van der Waals surface area (Å²) in [5, 5.41) is 11.3. The molecular formula is C7H15NO4P+. The summed E-state index contributed by atoms with van der Waals surface area (Å²) in [6.45, 7) is 6.72. The molecule has 0 bridgehead atoms. The van der Waals surface area contributed by atoms with Crippen LogP contribution in [0.3, 0.4) is 0 Å². The zero-order chi connectivity index (χ0) is 10.4. The summed E-state index contributed by atoms with van der Waals surface area (Å²) in [7, 11) is -2.14. The number of nitrogens with zero attached hydrogens (tertiary/aromatic N) is 1. The molecule has 5 nitrogen and oxygen atoms in total. The largest absolute Gasteiger partial charge is 0.698 e. The Morgan fingerprint density at radius 3 is 2.31 bits per heavy atom. The van der Waals surface area contributed by atoms with E-state index in [4.69, 9.17) is 14.3 Å². The van der Waals surface area contributed by atoms with Gasteiger partial charge in [0.15, 0.2) is 6.10 Å². The third-order valence-electron chi connectivity index (χ3n) is 1.29. The molecule has 1 N–H and O–H groups in total. The molecule has 0 amide bonds. The topological polar surface area (TPSA) is 68.1 Å². The van der Waals surface area contributed by atoms with Crippen molar-refractivity contribution in [3.63, 3.8) is 0 Å². The van der Waals surface area contributed by atoms with Crippen molar-refractivity contribution in [3.8, 4) is 0 Å². The molecule has 0 aromatic heterocycles. The lowest BCUT2D eigenvalue weighted by atomic mass is 10.3. The number of rotatable bonds is 5. The molecule has 0 aromatic carbocycles. The quantitative estimate of drug-likeness (QED) is 0.326. The van der Waals surface area contributed by atoms with Crippen molar-refractivity contribution in [1.82, 2.24) is 0 Å². The van der Waals surface area contributed by atoms with E-state index in [9.17, 15) is 4.57 Å². The first kappa shape index (κ1) is 12.5. The maximum absolute atomic E-state index is 11.1. The predicted molar refractivity (Wildman–Crippen MR) is 49.3 cm³/mol. The molecule has 0 spiro atoms. The highest BCUT2D eigenvalue weighted by atomic mass is 31.1. The van der Waals surface area contributed by atoms with E-state index in [2.05, 4.69) is 5.16 Å². The Bertz CT molecular complexity index is 205. The molecule has 0 fully saturated rings. The Kier molecular flexibility index (Phi) is 5.79. The highest BCUT2D eigenvalue weighted by Crippen LogP contribution is 2.28. The highest BCUT2D eigenvalue weighted by Gasteiger charge is 2.27. The van der Waals surface area contributed by atoms with Crippen LogP contribution in [0.1, 0.15) is 27.7 Å². The van der Waals surface area contributed by atoms with E-state index in [1.165, 1.54) is 0 Å². The van der Waals surface area contributed by atoms with Gasteiger partial charge in [-0.25, -0.2) is 0 Å². The van der Waals surface area contributed by atoms with Crippen LogP contribution in [0.4, 0.5) is 0 Å². The lowest BCUT2D eigenvalue weighted by Crippen LogP contribution is -2.15. The number of hydrogen-bond acceptors (Lipinski definition) is 5. The minimum Gasteiger partial charge on any atom is -0.411 e. The Morgan fingerprint density at radius 1 is 1.38 bits per heavy atom. The zero-order valence-electron chi connectivity index (χ0n) is 8.22. The van der Waals surface area contributed by atoms with Gasteiger partial charge in [-0.2, -0.15) is 0 Å². The van der Waals surface area contributed by atoms with E-state index in [1.54, 1.807) is 27.7 Å². The van der Waals surface area contributed by atoms with E-state index in [0.29, 0.717) is 5.71 Å². The number of oxime groups is 1. The first-order chi connectivity index (χ1) is 5.97. The molecular weight excluding hydrogens is 193 g/mol. The third kappa shape index (κ3) is 5.69. The molecule has 76 valence electrons. The average Bonchev–Trinajstić information content (AvgIpc) is 2.01. The minimum absolute atomic E-state index is 0.151. The second kappa shape index (κ2) is 6.02. The van der Waals surface area contributed by atoms with Crippen LogP contribution in [0.2, 0.25) is 0 Å². The summed E-state index contributed by atoms with van der Waals surface area (Å²) >= 11 is 0. The molecule has 0 aliphatic rings. The van der Waals surface area contributed by atoms with Crippen molar-refractivity contribution in [3.05, 3.63) is 0 Å². The molecule has 0 radical (unpaired) electrons. The number of hydrogen-bond donors (Lipinski definition) is 1. The molecule has 0 rings (SSSR count). The predicted octanol–water partition coefficient (Wildman–Crippen LogP) is 2.32. The van der Waals surface area contributed by atoms with Crippen LogP contribution in [0.5, 0.6) is 0 Å². The maximum Gasteiger partial charge on any atom is 0.698 e. The van der Waals surface area contributed by atoms with Gasteiger partial charge in [-0.1, -0.05) is 5.16 Å². The summed E-state index contributed by atoms with van der Waals surface area (Å²) in [5.74, 6) is 0. The maximum atomic E-state index is 11.1. The minimum atomic E-state index is -2.14. The van der Waals surface area contributed by atoms with E-state index in [-0.39, 0.29) is 6.10 Å². The zero-order valence-corrected chi connectivity index (χ0v) is 9.12. The lowest BCUT2D eigenvalue weighted by Gasteiger charge is -2.01. The molecule has 2 atom stereocenters. The van der Waals surface area contributed by atoms with Crippen molar-refractivity contribution >= 4 is 14.0 Å². The van der Waals surface area contributed by atoms with Crippen molar-refractivity contribution in [2.45, 2.75) is 39.9 Å². The molecule has 0 aromatic rings. The fourth-order valence-electron chi connectivity index (χ4n) is 0.484. The molecule has 6 heteroatoms. The van der Waals surface area contributed by atoms with Crippen molar-refractivity contribution < 1.29 is 18.8 Å². The SMILES string of the molecule is CC(=NO)C(C)O[P+](=O)OC(C)C. The van der Waals surface area contributed by atoms with Gasteiger partial charge in [-0.3, -0.25) is 0 Å². The Morgan fingerprint density at radius 2 is 1.92 bits per heavy atom. The van der Waals surface area contributed by atoms with E-state index < -0.39 is 14.4 Å². The standard InChI is InChI=1S/C7H14NO4P/c1-5(2)11-13(10)12-7(4)6(3)8-9/h5,7H,1-4H3/p+1. The average molecular weight is 208 g/mol. The Labute approximate surface area is 78.7 Å². The van der Waals surface area contributed by atoms with Gasteiger partial charge in [0, 0.05) is 4.57 Å². The van der Waals surface area contributed by atoms with Gasteiger partial charge in [0.05, 0.1) is 5.71 Å². The smallest absolute Gasteiger partial charge is 0.411 e. The van der Waals surface area contributed by atoms with Gasteiger partial charge < -0.3 is 5.21 Å². The second-order valence-electron chi connectivity index (χ2n) is 2.87. The fourth-order valence-corrected chi connectivity index (χ4v) is 1.29. The molecule has 2 unspecified atom stereocenters. The second-order valence-corrected chi connectivity index (χ2v) is 3.74. The van der Waals surface area contributed by atoms with Crippen LogP contribution in [-0.2, 0) is 13.6 Å². The molecule has 13 heavy (non-hydrogen) atoms. The van der Waals surface area contributed by atoms with E-state index in [1.807, 2.05) is 0 Å². The van der Waals surface area contributed by atoms with Crippen molar-refractivity contribution in [1.29, 1.82) is 0 Å². The van der Waals surface area contributed by atoms with Crippen molar-refractivity contribution in [2.75, 3.05) is 0 Å². The van der Waals surface area contributed by atoms with Gasteiger partial charge in [-0.05, 0) is 27.7 Å². The highest BCUT2D eigenvalue weighted by molar-refractivity contribution is 7.33. The van der Waals surface area contributed by atoms with E-state index in [0.717, 1.165) is 0 Å². The van der Waals surface area contributed by atoms with Gasteiger partial charge in [-0.15, -0.1) is 9.05 Å². The summed E-state index contributed by atoms with van der Waals surface area (Å²) in [6, 6.07) is 0. The molecule has 0 saturated carbocycles. The van der Waals surface area contributed by atoms with Crippen LogP contribution >= 0.6 is 8.25 Å². The molecule has 0 heterocycles. The Balaban J connectivity index is 3.92. The van der Waals surface area contributed by atoms with Gasteiger partial charge >= 0.3 is 8.25 Å². The van der Waals surface area contributed by atoms with Crippen LogP contribution in [0.25, 0.3) is 0 Å². The summed E-state index contributed by atoms with van der Waals surface area (Å²) in [5.41, 5.74) is 0.357. The monoisotopic (exact) mass is 208 g/mol. The molecule has 0 aliphatic heterocycles. The normalized spacial score (nSPS) is 16.1. The first-order valence-corrected chi connectivity index (χ1v) is 5.06. The molecule has 0 saturated heterocycles. The summed E-state index contributed by atoms with van der Waals surface area (Å²) in [4.78, 5) is 0. The van der Waals surface area contributed by atoms with Crippen LogP contribution in [0, 0.1) is 0 Å². The van der Waals surface area contributed by atoms with E-state index >= 15 is 0 Å². The lowest BCUT2D eigenvalue weighted by molar-refractivity contribution is 0.175. The van der Waals surface area contributed by atoms with Crippen LogP contribution in [-0.4, -0.2) is 23.1 Å². The van der Waals surface area contributed by atoms with Gasteiger partial charge in [0.25, 0.3) is 0 Å². The third-order valence-corrected chi connectivity index (χ3v) is 2.37. The van der Waals surface area contributed by atoms with Crippen LogP contribution in [0.15, 0.2) is 5.16 Å². The van der Waals surface area contributed by atoms with Crippen molar-refractivity contribution in [2.24, 2.45) is 5.16 Å². The van der Waals surface area contributed by atoms with Gasteiger partial charge in [0.2, 0.25) is 0 Å². The fraction of sp³-hybridized carbons (Fsp3) is 0.857.